The molecule has 0 radical (unpaired) electrons. The zero-order valence-corrected chi connectivity index (χ0v) is 5.47. The van der Waals surface area contributed by atoms with E-state index in [1.807, 2.05) is 0 Å². The summed E-state index contributed by atoms with van der Waals surface area (Å²) in [6.07, 6.45) is 5.50. The van der Waals surface area contributed by atoms with Gasteiger partial charge in [0.1, 0.15) is 6.61 Å². The molecule has 0 spiro atoms. The fourth-order valence-electron chi connectivity index (χ4n) is 0.949. The van der Waals surface area contributed by atoms with Crippen LogP contribution >= 0.6 is 0 Å². The van der Waals surface area contributed by atoms with E-state index in [2.05, 4.69) is 6.08 Å². The highest BCUT2D eigenvalue weighted by molar-refractivity contribution is 4.99. The molecular weight excluding hydrogens is 116 g/mol. The first-order valence-electron chi connectivity index (χ1n) is 3.36. The quantitative estimate of drug-likeness (QED) is 0.616. The van der Waals surface area contributed by atoms with E-state index in [-0.39, 0.29) is 6.61 Å². The van der Waals surface area contributed by atoms with E-state index in [1.54, 1.807) is 0 Å². The number of hydrogen-bond acceptors (Lipinski definition) is 2. The van der Waals surface area contributed by atoms with Crippen LogP contribution in [0.15, 0.2) is 11.8 Å². The molecule has 2 heteroatoms. The first-order chi connectivity index (χ1) is 4.43. The van der Waals surface area contributed by atoms with Gasteiger partial charge in [-0.1, -0.05) is 0 Å². The van der Waals surface area contributed by atoms with Gasteiger partial charge >= 0.3 is 0 Å². The number of aliphatic hydroxyl groups is 1. The summed E-state index contributed by atoms with van der Waals surface area (Å²) < 4.78 is 5.16. The number of aliphatic hydroxyl groups excluding tert-OH is 1. The number of allylic oxidation sites excluding steroid dienone is 2. The smallest absolute Gasteiger partial charge is 0.111 e. The van der Waals surface area contributed by atoms with Crippen LogP contribution in [-0.2, 0) is 4.74 Å². The standard InChI is InChI=1S/C7H12O2/c8-5-6-9-7-3-1-2-4-7/h3,8H,1-2,4-6H2. The van der Waals surface area contributed by atoms with Gasteiger partial charge in [0.05, 0.1) is 12.4 Å². The topological polar surface area (TPSA) is 29.5 Å². The molecule has 0 bridgehead atoms. The van der Waals surface area contributed by atoms with E-state index < -0.39 is 0 Å². The van der Waals surface area contributed by atoms with Crippen LogP contribution in [0.2, 0.25) is 0 Å². The second-order valence-electron chi connectivity index (χ2n) is 2.13. The monoisotopic (exact) mass is 128 g/mol. The molecule has 0 unspecified atom stereocenters. The molecule has 0 atom stereocenters. The highest BCUT2D eigenvalue weighted by atomic mass is 16.5. The summed E-state index contributed by atoms with van der Waals surface area (Å²) in [6, 6.07) is 0. The first-order valence-corrected chi connectivity index (χ1v) is 3.36. The molecule has 0 saturated carbocycles. The van der Waals surface area contributed by atoms with Gasteiger partial charge < -0.3 is 9.84 Å². The average Bonchev–Trinajstić information content (AvgIpc) is 2.34. The van der Waals surface area contributed by atoms with Crippen molar-refractivity contribution in [1.29, 1.82) is 0 Å². The van der Waals surface area contributed by atoms with Crippen molar-refractivity contribution in [1.82, 2.24) is 0 Å². The van der Waals surface area contributed by atoms with Crippen LogP contribution in [0.25, 0.3) is 0 Å². The molecule has 9 heavy (non-hydrogen) atoms. The molecule has 0 aromatic rings. The van der Waals surface area contributed by atoms with E-state index in [4.69, 9.17) is 9.84 Å². The third-order valence-corrected chi connectivity index (χ3v) is 1.38. The van der Waals surface area contributed by atoms with Crippen molar-refractivity contribution >= 4 is 0 Å². The molecule has 1 rings (SSSR count). The van der Waals surface area contributed by atoms with Gasteiger partial charge in [-0.2, -0.15) is 0 Å². The van der Waals surface area contributed by atoms with Gasteiger partial charge in [-0.05, 0) is 18.9 Å². The summed E-state index contributed by atoms with van der Waals surface area (Å²) in [5.74, 6) is 1.06. The number of ether oxygens (including phenoxy) is 1. The Morgan fingerprint density at radius 3 is 3.11 bits per heavy atom. The predicted octanol–water partition coefficient (Wildman–Crippen LogP) is 1.06. The molecule has 0 saturated heterocycles. The van der Waals surface area contributed by atoms with Crippen LogP contribution in [0.1, 0.15) is 19.3 Å². The van der Waals surface area contributed by atoms with Crippen LogP contribution in [-0.4, -0.2) is 18.3 Å². The van der Waals surface area contributed by atoms with E-state index in [0.717, 1.165) is 18.6 Å². The lowest BCUT2D eigenvalue weighted by molar-refractivity contribution is 0.142. The van der Waals surface area contributed by atoms with E-state index in [0.29, 0.717) is 6.61 Å². The lowest BCUT2D eigenvalue weighted by atomic mass is 10.4. The summed E-state index contributed by atoms with van der Waals surface area (Å²) >= 11 is 0. The highest BCUT2D eigenvalue weighted by Gasteiger charge is 2.03. The Morgan fingerprint density at radius 1 is 1.67 bits per heavy atom. The summed E-state index contributed by atoms with van der Waals surface area (Å²) in [5.41, 5.74) is 0. The van der Waals surface area contributed by atoms with Gasteiger partial charge in [0.15, 0.2) is 0 Å². The van der Waals surface area contributed by atoms with Crippen molar-refractivity contribution in [3.63, 3.8) is 0 Å². The second-order valence-corrected chi connectivity index (χ2v) is 2.13. The molecule has 0 aliphatic heterocycles. The Hall–Kier alpha value is -0.500. The van der Waals surface area contributed by atoms with Crippen molar-refractivity contribution < 1.29 is 9.84 Å². The van der Waals surface area contributed by atoms with Crippen molar-refractivity contribution in [3.05, 3.63) is 11.8 Å². The van der Waals surface area contributed by atoms with Gasteiger partial charge in [-0.15, -0.1) is 0 Å². The van der Waals surface area contributed by atoms with Gasteiger partial charge in [-0.3, -0.25) is 0 Å². The largest absolute Gasteiger partial charge is 0.496 e. The maximum Gasteiger partial charge on any atom is 0.111 e. The highest BCUT2D eigenvalue weighted by Crippen LogP contribution is 2.17. The average molecular weight is 128 g/mol. The number of hydrogen-bond donors (Lipinski definition) is 1. The second kappa shape index (κ2) is 3.51. The molecule has 0 amide bonds. The third-order valence-electron chi connectivity index (χ3n) is 1.38. The van der Waals surface area contributed by atoms with E-state index in [9.17, 15) is 0 Å². The molecule has 0 fully saturated rings. The Morgan fingerprint density at radius 2 is 2.56 bits per heavy atom. The van der Waals surface area contributed by atoms with Gasteiger partial charge in [0, 0.05) is 6.42 Å². The molecular formula is C7H12O2. The van der Waals surface area contributed by atoms with E-state index in [1.165, 1.54) is 6.42 Å². The molecule has 1 N–H and O–H groups in total. The Balaban J connectivity index is 2.11. The summed E-state index contributed by atoms with van der Waals surface area (Å²) in [7, 11) is 0. The van der Waals surface area contributed by atoms with Crippen LogP contribution in [0, 0.1) is 0 Å². The fraction of sp³-hybridized carbons (Fsp3) is 0.714. The minimum Gasteiger partial charge on any atom is -0.496 e. The van der Waals surface area contributed by atoms with Crippen LogP contribution in [0.4, 0.5) is 0 Å². The minimum atomic E-state index is 0.122. The third kappa shape index (κ3) is 2.06. The SMILES string of the molecule is OCCOC1=CCCC1. The van der Waals surface area contributed by atoms with Crippen molar-refractivity contribution in [2.45, 2.75) is 19.3 Å². The predicted molar refractivity (Wildman–Crippen MR) is 35.0 cm³/mol. The summed E-state index contributed by atoms with van der Waals surface area (Å²) in [5, 5.41) is 8.37. The molecule has 0 aromatic carbocycles. The summed E-state index contributed by atoms with van der Waals surface area (Å²) in [4.78, 5) is 0. The molecule has 2 nitrogen and oxygen atoms in total. The molecule has 0 aromatic heterocycles. The van der Waals surface area contributed by atoms with Crippen molar-refractivity contribution in [2.75, 3.05) is 13.2 Å². The van der Waals surface area contributed by atoms with Gasteiger partial charge in [0.2, 0.25) is 0 Å². The lowest BCUT2D eigenvalue weighted by Crippen LogP contribution is -1.96. The maximum absolute atomic E-state index is 8.37. The Bertz CT molecular complexity index is 107. The normalized spacial score (nSPS) is 17.7. The molecule has 1 aliphatic carbocycles. The molecule has 0 heterocycles. The van der Waals surface area contributed by atoms with Crippen LogP contribution < -0.4 is 0 Å². The molecule has 52 valence electrons. The summed E-state index contributed by atoms with van der Waals surface area (Å²) in [6.45, 7) is 0.573. The van der Waals surface area contributed by atoms with Crippen molar-refractivity contribution in [2.24, 2.45) is 0 Å². The van der Waals surface area contributed by atoms with Crippen LogP contribution in [0.5, 0.6) is 0 Å². The van der Waals surface area contributed by atoms with E-state index >= 15 is 0 Å². The fourth-order valence-corrected chi connectivity index (χ4v) is 0.949. The molecule has 1 aliphatic rings. The zero-order valence-electron chi connectivity index (χ0n) is 5.47. The van der Waals surface area contributed by atoms with Gasteiger partial charge in [0.25, 0.3) is 0 Å². The Kier molecular flexibility index (Phi) is 2.58. The maximum atomic E-state index is 8.37. The van der Waals surface area contributed by atoms with Crippen molar-refractivity contribution in [3.8, 4) is 0 Å². The zero-order chi connectivity index (χ0) is 6.53. The minimum absolute atomic E-state index is 0.122. The number of rotatable bonds is 3. The first kappa shape index (κ1) is 6.62. The van der Waals surface area contributed by atoms with Gasteiger partial charge in [-0.25, -0.2) is 0 Å². The van der Waals surface area contributed by atoms with Crippen LogP contribution in [0.3, 0.4) is 0 Å². The lowest BCUT2D eigenvalue weighted by Gasteiger charge is -2.02. The Labute approximate surface area is 55.1 Å².